The van der Waals surface area contributed by atoms with E-state index in [1.807, 2.05) is 36.4 Å². The van der Waals surface area contributed by atoms with Crippen LogP contribution in [0, 0.1) is 0 Å². The van der Waals surface area contributed by atoms with Crippen LogP contribution in [0.5, 0.6) is 0 Å². The Kier molecular flexibility index (Phi) is 5.11. The molecular weight excluding hydrogens is 480 g/mol. The fraction of sp³-hybridized carbons (Fsp3) is 0. The van der Waals surface area contributed by atoms with E-state index >= 15 is 0 Å². The van der Waals surface area contributed by atoms with E-state index in [9.17, 15) is 25.9 Å². The van der Waals surface area contributed by atoms with Crippen LogP contribution >= 0.6 is 11.3 Å². The van der Waals surface area contributed by atoms with Crippen LogP contribution in [-0.4, -0.2) is 25.9 Å². The van der Waals surface area contributed by atoms with E-state index in [1.54, 1.807) is 35.6 Å². The summed E-state index contributed by atoms with van der Waals surface area (Å²) in [6, 6.07) is 24.2. The summed E-state index contributed by atoms with van der Waals surface area (Å²) in [6.45, 7) is 0. The van der Waals surface area contributed by atoms with Gasteiger partial charge in [-0.1, -0.05) is 36.4 Å². The lowest BCUT2D eigenvalue weighted by atomic mass is 10.0. The van der Waals surface area contributed by atoms with Crippen molar-refractivity contribution in [2.45, 2.75) is 9.79 Å². The van der Waals surface area contributed by atoms with Crippen LogP contribution < -0.4 is 0 Å². The van der Waals surface area contributed by atoms with Gasteiger partial charge in [-0.2, -0.15) is 16.8 Å². The number of fused-ring (bicyclic) bond motifs is 3. The average molecular weight is 497 g/mol. The summed E-state index contributed by atoms with van der Waals surface area (Å²) in [5.74, 6) is 0. The summed E-state index contributed by atoms with van der Waals surface area (Å²) >= 11 is 1.66. The summed E-state index contributed by atoms with van der Waals surface area (Å²) < 4.78 is 65.8. The maximum Gasteiger partial charge on any atom is 0.294 e. The van der Waals surface area contributed by atoms with Gasteiger partial charge in [0.05, 0.1) is 9.79 Å². The van der Waals surface area contributed by atoms with Gasteiger partial charge in [-0.25, -0.2) is 0 Å². The maximum absolute atomic E-state index is 11.3. The Hall–Kier alpha value is -3.08. The SMILES string of the molecule is O=S(=O)(O)c1ccc(-c2ccc3sc4ccc(-c5ccc(S(=O)(=O)O)cc5)cc4c3c2)cc1. The predicted octanol–water partition coefficient (Wildman–Crippen LogP) is 5.88. The smallest absolute Gasteiger partial charge is 0.282 e. The van der Waals surface area contributed by atoms with Crippen molar-refractivity contribution in [1.29, 1.82) is 0 Å². The van der Waals surface area contributed by atoms with Gasteiger partial charge in [0.15, 0.2) is 0 Å². The summed E-state index contributed by atoms with van der Waals surface area (Å²) in [7, 11) is -8.49. The molecule has 9 heteroatoms. The van der Waals surface area contributed by atoms with Crippen LogP contribution in [0.3, 0.4) is 0 Å². The molecule has 4 aromatic carbocycles. The highest BCUT2D eigenvalue weighted by atomic mass is 32.2. The molecule has 0 aliphatic rings. The molecule has 0 atom stereocenters. The summed E-state index contributed by atoms with van der Waals surface area (Å²) in [4.78, 5) is -0.309. The van der Waals surface area contributed by atoms with Crippen molar-refractivity contribution in [2.75, 3.05) is 0 Å². The monoisotopic (exact) mass is 496 g/mol. The zero-order chi connectivity index (χ0) is 23.4. The average Bonchev–Trinajstić information content (AvgIpc) is 3.15. The molecule has 166 valence electrons. The molecule has 0 bridgehead atoms. The number of rotatable bonds is 4. The molecule has 0 aliphatic heterocycles. The van der Waals surface area contributed by atoms with Gasteiger partial charge < -0.3 is 0 Å². The highest BCUT2D eigenvalue weighted by Crippen LogP contribution is 2.38. The molecular formula is C24H16O6S3. The second kappa shape index (κ2) is 7.75. The fourth-order valence-electron chi connectivity index (χ4n) is 3.78. The Balaban J connectivity index is 1.59. The van der Waals surface area contributed by atoms with Crippen LogP contribution in [0.2, 0.25) is 0 Å². The standard InChI is InChI=1S/C24H16O6S3/c25-32(26,27)19-7-1-15(2-8-19)17-5-11-23-21(13-17)22-14-18(6-12-24(22)31-23)16-3-9-20(10-4-16)33(28,29)30/h1-14H,(H,25,26,27)(H,28,29,30). The Bertz CT molecular complexity index is 1600. The van der Waals surface area contributed by atoms with Gasteiger partial charge in [-0.3, -0.25) is 9.11 Å². The van der Waals surface area contributed by atoms with Crippen LogP contribution in [0.15, 0.2) is 94.7 Å². The van der Waals surface area contributed by atoms with Crippen molar-refractivity contribution in [3.05, 3.63) is 84.9 Å². The first-order valence-electron chi connectivity index (χ1n) is 9.72. The van der Waals surface area contributed by atoms with E-state index in [0.29, 0.717) is 0 Å². The summed E-state index contributed by atoms with van der Waals surface area (Å²) in [6.07, 6.45) is 0. The van der Waals surface area contributed by atoms with E-state index in [0.717, 1.165) is 42.4 Å². The largest absolute Gasteiger partial charge is 0.294 e. The van der Waals surface area contributed by atoms with Crippen LogP contribution in [-0.2, 0) is 20.2 Å². The van der Waals surface area contributed by atoms with Crippen LogP contribution in [0.25, 0.3) is 42.4 Å². The van der Waals surface area contributed by atoms with Crippen molar-refractivity contribution >= 4 is 51.7 Å². The second-order valence-corrected chi connectivity index (χ2v) is 11.4. The van der Waals surface area contributed by atoms with Crippen molar-refractivity contribution in [2.24, 2.45) is 0 Å². The molecule has 5 aromatic rings. The van der Waals surface area contributed by atoms with Gasteiger partial charge in [-0.15, -0.1) is 11.3 Å². The Labute approximate surface area is 194 Å². The minimum atomic E-state index is -4.24. The fourth-order valence-corrected chi connectivity index (χ4v) is 5.80. The van der Waals surface area contributed by atoms with Gasteiger partial charge >= 0.3 is 0 Å². The Morgan fingerprint density at radius 1 is 0.485 bits per heavy atom. The van der Waals surface area contributed by atoms with Gasteiger partial charge in [0.25, 0.3) is 20.2 Å². The lowest BCUT2D eigenvalue weighted by molar-refractivity contribution is 0.481. The normalized spacial score (nSPS) is 12.4. The Morgan fingerprint density at radius 2 is 0.818 bits per heavy atom. The lowest BCUT2D eigenvalue weighted by Gasteiger charge is -2.05. The zero-order valence-electron chi connectivity index (χ0n) is 16.8. The predicted molar refractivity (Wildman–Crippen MR) is 130 cm³/mol. The molecule has 1 heterocycles. The van der Waals surface area contributed by atoms with Gasteiger partial charge in [0.1, 0.15) is 0 Å². The number of benzene rings is 4. The van der Waals surface area contributed by atoms with Crippen LogP contribution in [0.1, 0.15) is 0 Å². The topological polar surface area (TPSA) is 109 Å². The molecule has 0 fully saturated rings. The molecule has 0 saturated heterocycles. The zero-order valence-corrected chi connectivity index (χ0v) is 19.3. The molecule has 0 unspecified atom stereocenters. The third-order valence-electron chi connectivity index (χ3n) is 5.44. The third kappa shape index (κ3) is 4.17. The Morgan fingerprint density at radius 3 is 1.15 bits per heavy atom. The highest BCUT2D eigenvalue weighted by molar-refractivity contribution is 7.86. The maximum atomic E-state index is 11.3. The quantitative estimate of drug-likeness (QED) is 0.301. The third-order valence-corrected chi connectivity index (χ3v) is 8.33. The molecule has 0 amide bonds. The van der Waals surface area contributed by atoms with Crippen molar-refractivity contribution < 1.29 is 25.9 Å². The lowest BCUT2D eigenvalue weighted by Crippen LogP contribution is -1.97. The van der Waals surface area contributed by atoms with Crippen molar-refractivity contribution in [1.82, 2.24) is 0 Å². The number of thiophene rings is 1. The molecule has 0 spiro atoms. The molecule has 6 nitrogen and oxygen atoms in total. The molecule has 33 heavy (non-hydrogen) atoms. The van der Waals surface area contributed by atoms with Crippen molar-refractivity contribution in [3.8, 4) is 22.3 Å². The minimum absolute atomic E-state index is 0.155. The first-order chi connectivity index (χ1) is 15.6. The molecule has 0 radical (unpaired) electrons. The molecule has 0 aliphatic carbocycles. The number of hydrogen-bond donors (Lipinski definition) is 2. The van der Waals surface area contributed by atoms with E-state index in [-0.39, 0.29) is 9.79 Å². The second-order valence-electron chi connectivity index (χ2n) is 7.52. The van der Waals surface area contributed by atoms with Gasteiger partial charge in [0.2, 0.25) is 0 Å². The van der Waals surface area contributed by atoms with Gasteiger partial charge in [0, 0.05) is 20.2 Å². The summed E-state index contributed by atoms with van der Waals surface area (Å²) in [5, 5.41) is 2.09. The first-order valence-corrected chi connectivity index (χ1v) is 13.4. The molecule has 5 rings (SSSR count). The highest BCUT2D eigenvalue weighted by Gasteiger charge is 2.12. The number of hydrogen-bond acceptors (Lipinski definition) is 5. The van der Waals surface area contributed by atoms with Crippen LogP contribution in [0.4, 0.5) is 0 Å². The molecule has 1 aromatic heterocycles. The van der Waals surface area contributed by atoms with Gasteiger partial charge in [-0.05, 0) is 70.8 Å². The summed E-state index contributed by atoms with van der Waals surface area (Å²) in [5.41, 5.74) is 3.46. The van der Waals surface area contributed by atoms with E-state index in [1.165, 1.54) is 24.3 Å². The molecule has 0 saturated carbocycles. The van der Waals surface area contributed by atoms with E-state index in [2.05, 4.69) is 0 Å². The van der Waals surface area contributed by atoms with Crippen molar-refractivity contribution in [3.63, 3.8) is 0 Å². The first kappa shape index (κ1) is 21.7. The van der Waals surface area contributed by atoms with E-state index in [4.69, 9.17) is 0 Å². The van der Waals surface area contributed by atoms with E-state index < -0.39 is 20.2 Å². The minimum Gasteiger partial charge on any atom is -0.282 e. The molecule has 2 N–H and O–H groups in total.